The van der Waals surface area contributed by atoms with E-state index in [2.05, 4.69) is 11.4 Å². The van der Waals surface area contributed by atoms with E-state index in [1.165, 1.54) is 12.1 Å². The molecule has 2 nitrogen and oxygen atoms in total. The molecule has 1 aromatic carbocycles. The molecular formula is C11H13FN2. The Morgan fingerprint density at radius 2 is 1.86 bits per heavy atom. The highest BCUT2D eigenvalue weighted by Crippen LogP contribution is 2.13. The van der Waals surface area contributed by atoms with Crippen molar-refractivity contribution in [1.29, 1.82) is 5.26 Å². The van der Waals surface area contributed by atoms with Crippen LogP contribution in [0.3, 0.4) is 0 Å². The van der Waals surface area contributed by atoms with Crippen LogP contribution in [0.25, 0.3) is 0 Å². The van der Waals surface area contributed by atoms with E-state index in [1.54, 1.807) is 12.1 Å². The molecule has 3 heteroatoms. The number of hydrogen-bond donors (Lipinski definition) is 1. The molecule has 0 unspecified atom stereocenters. The fraction of sp³-hybridized carbons (Fsp3) is 0.364. The monoisotopic (exact) mass is 192 g/mol. The highest BCUT2D eigenvalue weighted by Gasteiger charge is 2.10. The van der Waals surface area contributed by atoms with Crippen LogP contribution in [-0.4, -0.2) is 6.04 Å². The molecule has 0 heterocycles. The van der Waals surface area contributed by atoms with E-state index in [9.17, 15) is 4.39 Å². The van der Waals surface area contributed by atoms with Crippen LogP contribution in [-0.2, 0) is 0 Å². The number of rotatable bonds is 3. The zero-order valence-electron chi connectivity index (χ0n) is 8.29. The molecule has 14 heavy (non-hydrogen) atoms. The molecule has 0 radical (unpaired) electrons. The van der Waals surface area contributed by atoms with Gasteiger partial charge in [-0.25, -0.2) is 4.39 Å². The number of nitrogens with zero attached hydrogens (tertiary/aromatic N) is 1. The molecule has 0 bridgehead atoms. The Balaban J connectivity index is 2.80. The van der Waals surface area contributed by atoms with Crippen LogP contribution in [0.15, 0.2) is 24.3 Å². The minimum atomic E-state index is -0.365. The number of nitrogens with one attached hydrogen (secondary N) is 1. The van der Waals surface area contributed by atoms with Gasteiger partial charge in [-0.05, 0) is 31.5 Å². The van der Waals surface area contributed by atoms with Crippen LogP contribution in [0.1, 0.15) is 25.5 Å². The van der Waals surface area contributed by atoms with Crippen LogP contribution in [0.2, 0.25) is 0 Å². The smallest absolute Gasteiger partial charge is 0.123 e. The average Bonchev–Trinajstić information content (AvgIpc) is 2.15. The summed E-state index contributed by atoms with van der Waals surface area (Å²) < 4.78 is 12.6. The van der Waals surface area contributed by atoms with E-state index in [0.717, 1.165) is 5.56 Å². The van der Waals surface area contributed by atoms with Crippen molar-refractivity contribution in [2.24, 2.45) is 0 Å². The number of hydrogen-bond acceptors (Lipinski definition) is 2. The third-order valence-corrected chi connectivity index (χ3v) is 1.83. The van der Waals surface area contributed by atoms with E-state index in [4.69, 9.17) is 5.26 Å². The largest absolute Gasteiger partial charge is 0.296 e. The molecule has 0 saturated heterocycles. The van der Waals surface area contributed by atoms with Gasteiger partial charge in [0, 0.05) is 6.04 Å². The van der Waals surface area contributed by atoms with Gasteiger partial charge in [0.1, 0.15) is 11.9 Å². The lowest BCUT2D eigenvalue weighted by Gasteiger charge is -2.14. The minimum Gasteiger partial charge on any atom is -0.296 e. The minimum absolute atomic E-state index is 0.227. The van der Waals surface area contributed by atoms with Crippen molar-refractivity contribution >= 4 is 0 Å². The Hall–Kier alpha value is -1.40. The van der Waals surface area contributed by atoms with Gasteiger partial charge in [0.15, 0.2) is 0 Å². The lowest BCUT2D eigenvalue weighted by molar-refractivity contribution is 0.545. The Labute approximate surface area is 83.4 Å². The van der Waals surface area contributed by atoms with Gasteiger partial charge >= 0.3 is 0 Å². The summed E-state index contributed by atoms with van der Waals surface area (Å²) >= 11 is 0. The average molecular weight is 192 g/mol. The third kappa shape index (κ3) is 2.82. The summed E-state index contributed by atoms with van der Waals surface area (Å²) in [7, 11) is 0. The second-order valence-electron chi connectivity index (χ2n) is 3.44. The SMILES string of the molecule is CC(C)N[C@@H](C#N)c1ccc(F)cc1. The molecule has 74 valence electrons. The molecular weight excluding hydrogens is 179 g/mol. The fourth-order valence-electron chi connectivity index (χ4n) is 1.20. The molecule has 0 saturated carbocycles. The van der Waals surface area contributed by atoms with Crippen LogP contribution in [0.4, 0.5) is 4.39 Å². The normalized spacial score (nSPS) is 12.5. The molecule has 0 aliphatic heterocycles. The molecule has 0 fully saturated rings. The van der Waals surface area contributed by atoms with Gasteiger partial charge in [-0.1, -0.05) is 12.1 Å². The summed E-state index contributed by atoms with van der Waals surface area (Å²) in [6.07, 6.45) is 0. The quantitative estimate of drug-likeness (QED) is 0.798. The van der Waals surface area contributed by atoms with E-state index in [0.29, 0.717) is 0 Å². The molecule has 0 aromatic heterocycles. The van der Waals surface area contributed by atoms with Crippen LogP contribution < -0.4 is 5.32 Å². The van der Waals surface area contributed by atoms with Gasteiger partial charge in [-0.15, -0.1) is 0 Å². The first-order chi connectivity index (χ1) is 6.63. The molecule has 0 aliphatic rings. The first kappa shape index (κ1) is 10.7. The lowest BCUT2D eigenvalue weighted by atomic mass is 10.1. The lowest BCUT2D eigenvalue weighted by Crippen LogP contribution is -2.27. The highest BCUT2D eigenvalue weighted by molar-refractivity contribution is 5.24. The standard InChI is InChI=1S/C11H13FN2/c1-8(2)14-11(7-13)9-3-5-10(12)6-4-9/h3-6,8,11,14H,1-2H3/t11-/m0/s1. The van der Waals surface area contributed by atoms with Gasteiger partial charge in [-0.3, -0.25) is 5.32 Å². The molecule has 1 rings (SSSR count). The van der Waals surface area contributed by atoms with Crippen LogP contribution in [0, 0.1) is 17.1 Å². The van der Waals surface area contributed by atoms with Gasteiger partial charge < -0.3 is 0 Å². The van der Waals surface area contributed by atoms with Gasteiger partial charge in [0.2, 0.25) is 0 Å². The third-order valence-electron chi connectivity index (χ3n) is 1.83. The van der Waals surface area contributed by atoms with Gasteiger partial charge in [-0.2, -0.15) is 5.26 Å². The predicted molar refractivity (Wildman–Crippen MR) is 53.0 cm³/mol. The van der Waals surface area contributed by atoms with Gasteiger partial charge in [0.25, 0.3) is 0 Å². The maximum atomic E-state index is 12.6. The first-order valence-corrected chi connectivity index (χ1v) is 4.54. The predicted octanol–water partition coefficient (Wildman–Crippen LogP) is 2.39. The first-order valence-electron chi connectivity index (χ1n) is 4.54. The maximum absolute atomic E-state index is 12.6. The molecule has 1 aromatic rings. The maximum Gasteiger partial charge on any atom is 0.123 e. The van der Waals surface area contributed by atoms with Gasteiger partial charge in [0.05, 0.1) is 6.07 Å². The summed E-state index contributed by atoms with van der Waals surface area (Å²) in [6.45, 7) is 3.93. The Kier molecular flexibility index (Phi) is 3.61. The van der Waals surface area contributed by atoms with E-state index < -0.39 is 0 Å². The van der Waals surface area contributed by atoms with E-state index in [1.807, 2.05) is 13.8 Å². The van der Waals surface area contributed by atoms with Crippen LogP contribution >= 0.6 is 0 Å². The van der Waals surface area contributed by atoms with Crippen molar-refractivity contribution < 1.29 is 4.39 Å². The Morgan fingerprint density at radius 1 is 1.29 bits per heavy atom. The second-order valence-corrected chi connectivity index (χ2v) is 3.44. The summed E-state index contributed by atoms with van der Waals surface area (Å²) in [6, 6.07) is 7.97. The topological polar surface area (TPSA) is 35.8 Å². The summed E-state index contributed by atoms with van der Waals surface area (Å²) in [5.74, 6) is -0.282. The van der Waals surface area contributed by atoms with Crippen LogP contribution in [0.5, 0.6) is 0 Å². The zero-order valence-corrected chi connectivity index (χ0v) is 8.29. The fourth-order valence-corrected chi connectivity index (χ4v) is 1.20. The van der Waals surface area contributed by atoms with E-state index >= 15 is 0 Å². The molecule has 1 atom stereocenters. The van der Waals surface area contributed by atoms with Crippen molar-refractivity contribution in [1.82, 2.24) is 5.32 Å². The van der Waals surface area contributed by atoms with E-state index in [-0.39, 0.29) is 17.9 Å². The molecule has 0 aliphatic carbocycles. The number of nitriles is 1. The summed E-state index contributed by atoms with van der Waals surface area (Å²) in [5, 5.41) is 12.0. The van der Waals surface area contributed by atoms with Crippen molar-refractivity contribution in [2.45, 2.75) is 25.9 Å². The molecule has 0 amide bonds. The highest BCUT2D eigenvalue weighted by atomic mass is 19.1. The Bertz CT molecular complexity index is 324. The summed E-state index contributed by atoms with van der Waals surface area (Å²) in [4.78, 5) is 0. The van der Waals surface area contributed by atoms with Crippen molar-refractivity contribution in [3.05, 3.63) is 35.6 Å². The van der Waals surface area contributed by atoms with Crippen molar-refractivity contribution in [2.75, 3.05) is 0 Å². The molecule has 0 spiro atoms. The summed E-state index contributed by atoms with van der Waals surface area (Å²) in [5.41, 5.74) is 0.794. The Morgan fingerprint density at radius 3 is 2.29 bits per heavy atom. The molecule has 1 N–H and O–H groups in total. The zero-order chi connectivity index (χ0) is 10.6. The second kappa shape index (κ2) is 4.73. The van der Waals surface area contributed by atoms with Crippen molar-refractivity contribution in [3.63, 3.8) is 0 Å². The number of halogens is 1. The number of benzene rings is 1. The van der Waals surface area contributed by atoms with Crippen molar-refractivity contribution in [3.8, 4) is 6.07 Å².